The van der Waals surface area contributed by atoms with Gasteiger partial charge in [-0.1, -0.05) is 11.6 Å². The van der Waals surface area contributed by atoms with Crippen LogP contribution in [0.5, 0.6) is 0 Å². The van der Waals surface area contributed by atoms with Crippen molar-refractivity contribution in [3.63, 3.8) is 0 Å². The predicted octanol–water partition coefficient (Wildman–Crippen LogP) is 1.47. The van der Waals surface area contributed by atoms with E-state index in [2.05, 4.69) is 25.3 Å². The molecule has 5 nitrogen and oxygen atoms in total. The molecule has 0 saturated carbocycles. The molecule has 2 aromatic heterocycles. The molecule has 0 aliphatic heterocycles. The number of anilines is 1. The zero-order valence-corrected chi connectivity index (χ0v) is 7.99. The zero-order valence-electron chi connectivity index (χ0n) is 7.24. The highest BCUT2D eigenvalue weighted by Crippen LogP contribution is 2.16. The molecular weight excluding hydrogens is 202 g/mol. The molecule has 2 aromatic rings. The van der Waals surface area contributed by atoms with Gasteiger partial charge in [-0.2, -0.15) is 0 Å². The van der Waals surface area contributed by atoms with Gasteiger partial charge in [0.25, 0.3) is 0 Å². The van der Waals surface area contributed by atoms with E-state index in [9.17, 15) is 0 Å². The Morgan fingerprint density at radius 2 is 2.36 bits per heavy atom. The van der Waals surface area contributed by atoms with E-state index in [1.807, 2.05) is 0 Å². The number of aromatic nitrogens is 4. The van der Waals surface area contributed by atoms with Gasteiger partial charge in [0.05, 0.1) is 12.7 Å². The molecule has 6 heteroatoms. The number of halogens is 1. The minimum absolute atomic E-state index is 0.499. The van der Waals surface area contributed by atoms with E-state index >= 15 is 0 Å². The first-order valence-corrected chi connectivity index (χ1v) is 4.41. The van der Waals surface area contributed by atoms with Crippen LogP contribution in [0, 0.1) is 0 Å². The van der Waals surface area contributed by atoms with Crippen molar-refractivity contribution in [3.8, 4) is 0 Å². The quantitative estimate of drug-likeness (QED) is 0.804. The van der Waals surface area contributed by atoms with Gasteiger partial charge in [-0.15, -0.1) is 0 Å². The molecule has 0 spiro atoms. The van der Waals surface area contributed by atoms with Crippen LogP contribution in [0.3, 0.4) is 0 Å². The summed E-state index contributed by atoms with van der Waals surface area (Å²) in [7, 11) is 0. The molecule has 0 atom stereocenters. The maximum absolute atomic E-state index is 5.85. The first-order valence-electron chi connectivity index (χ1n) is 4.04. The molecule has 0 unspecified atom stereocenters. The molecule has 0 aromatic carbocycles. The van der Waals surface area contributed by atoms with Crippen molar-refractivity contribution in [3.05, 3.63) is 35.8 Å². The van der Waals surface area contributed by atoms with E-state index < -0.39 is 0 Å². The van der Waals surface area contributed by atoms with E-state index in [0.717, 1.165) is 5.82 Å². The van der Waals surface area contributed by atoms with Gasteiger partial charge in [0, 0.05) is 12.4 Å². The highest BCUT2D eigenvalue weighted by molar-refractivity contribution is 6.32. The van der Waals surface area contributed by atoms with Gasteiger partial charge < -0.3 is 10.3 Å². The van der Waals surface area contributed by atoms with E-state index in [1.165, 1.54) is 6.33 Å². The predicted molar refractivity (Wildman–Crippen MR) is 53.0 cm³/mol. The summed E-state index contributed by atoms with van der Waals surface area (Å²) in [5.41, 5.74) is 0. The van der Waals surface area contributed by atoms with Gasteiger partial charge in [-0.05, 0) is 0 Å². The molecule has 0 aliphatic rings. The molecule has 0 saturated heterocycles. The minimum Gasteiger partial charge on any atom is -0.362 e. The first kappa shape index (κ1) is 8.96. The van der Waals surface area contributed by atoms with E-state index in [-0.39, 0.29) is 0 Å². The van der Waals surface area contributed by atoms with Crippen LogP contribution in [0.25, 0.3) is 0 Å². The molecule has 72 valence electrons. The standard InChI is InChI=1S/C8H8ClN5/c9-6-3-10-5-14-8(6)13-4-7-11-1-2-12-7/h1-3,5H,4H2,(H,11,12)(H,10,13,14). The third kappa shape index (κ3) is 2.00. The second-order valence-electron chi connectivity index (χ2n) is 2.61. The lowest BCUT2D eigenvalue weighted by Gasteiger charge is -2.03. The summed E-state index contributed by atoms with van der Waals surface area (Å²) in [5.74, 6) is 1.44. The van der Waals surface area contributed by atoms with Crippen LogP contribution in [0.15, 0.2) is 24.9 Å². The lowest BCUT2D eigenvalue weighted by atomic mass is 10.5. The van der Waals surface area contributed by atoms with Crippen molar-refractivity contribution in [2.75, 3.05) is 5.32 Å². The number of hydrogen-bond acceptors (Lipinski definition) is 4. The second-order valence-corrected chi connectivity index (χ2v) is 3.02. The number of H-pyrrole nitrogens is 1. The highest BCUT2D eigenvalue weighted by Gasteiger charge is 2.00. The Balaban J connectivity index is 2.02. The number of nitrogens with one attached hydrogen (secondary N) is 2. The third-order valence-electron chi connectivity index (χ3n) is 1.65. The fourth-order valence-electron chi connectivity index (χ4n) is 1.00. The summed E-state index contributed by atoms with van der Waals surface area (Å²) in [6, 6.07) is 0. The summed E-state index contributed by atoms with van der Waals surface area (Å²) >= 11 is 5.85. The Bertz CT molecular complexity index is 400. The zero-order chi connectivity index (χ0) is 9.80. The van der Waals surface area contributed by atoms with Crippen molar-refractivity contribution >= 4 is 17.4 Å². The van der Waals surface area contributed by atoms with Crippen molar-refractivity contribution in [1.82, 2.24) is 19.9 Å². The molecule has 0 bridgehead atoms. The molecule has 14 heavy (non-hydrogen) atoms. The van der Waals surface area contributed by atoms with E-state index in [0.29, 0.717) is 17.4 Å². The molecular formula is C8H8ClN5. The average molecular weight is 210 g/mol. The monoisotopic (exact) mass is 209 g/mol. The molecule has 0 fully saturated rings. The summed E-state index contributed by atoms with van der Waals surface area (Å²) in [6.07, 6.45) is 6.44. The fourth-order valence-corrected chi connectivity index (χ4v) is 1.18. The maximum Gasteiger partial charge on any atom is 0.148 e. The average Bonchev–Trinajstić information content (AvgIpc) is 2.69. The molecule has 0 radical (unpaired) electrons. The number of aromatic amines is 1. The summed E-state index contributed by atoms with van der Waals surface area (Å²) < 4.78 is 0. The Labute approximate surface area is 85.6 Å². The Hall–Kier alpha value is -1.62. The van der Waals surface area contributed by atoms with Gasteiger partial charge in [0.1, 0.15) is 23.0 Å². The van der Waals surface area contributed by atoms with Crippen molar-refractivity contribution < 1.29 is 0 Å². The molecule has 0 amide bonds. The molecule has 2 N–H and O–H groups in total. The topological polar surface area (TPSA) is 66.5 Å². The van der Waals surface area contributed by atoms with Crippen LogP contribution in [0.2, 0.25) is 5.02 Å². The normalized spacial score (nSPS) is 10.1. The Morgan fingerprint density at radius 1 is 1.43 bits per heavy atom. The van der Waals surface area contributed by atoms with Crippen LogP contribution in [-0.2, 0) is 6.54 Å². The summed E-state index contributed by atoms with van der Waals surface area (Å²) in [5, 5.41) is 3.54. The summed E-state index contributed by atoms with van der Waals surface area (Å²) in [6.45, 7) is 0.559. The highest BCUT2D eigenvalue weighted by atomic mass is 35.5. The SMILES string of the molecule is Clc1cncnc1NCc1ncc[nH]1. The second kappa shape index (κ2) is 4.06. The number of rotatable bonds is 3. The van der Waals surface area contributed by atoms with E-state index in [4.69, 9.17) is 11.6 Å². The maximum atomic E-state index is 5.85. The van der Waals surface area contributed by atoms with Gasteiger partial charge in [-0.25, -0.2) is 15.0 Å². The van der Waals surface area contributed by atoms with Gasteiger partial charge in [-0.3, -0.25) is 0 Å². The molecule has 2 rings (SSSR count). The largest absolute Gasteiger partial charge is 0.362 e. The van der Waals surface area contributed by atoms with Crippen LogP contribution in [-0.4, -0.2) is 19.9 Å². The van der Waals surface area contributed by atoms with Gasteiger partial charge in [0.2, 0.25) is 0 Å². The van der Waals surface area contributed by atoms with Crippen molar-refractivity contribution in [1.29, 1.82) is 0 Å². The number of hydrogen-bond donors (Lipinski definition) is 2. The number of imidazole rings is 1. The van der Waals surface area contributed by atoms with E-state index in [1.54, 1.807) is 18.6 Å². The van der Waals surface area contributed by atoms with Crippen molar-refractivity contribution in [2.45, 2.75) is 6.54 Å². The summed E-state index contributed by atoms with van der Waals surface area (Å²) in [4.78, 5) is 14.8. The smallest absolute Gasteiger partial charge is 0.148 e. The Morgan fingerprint density at radius 3 is 3.07 bits per heavy atom. The lowest BCUT2D eigenvalue weighted by molar-refractivity contribution is 0.982. The van der Waals surface area contributed by atoms with Crippen LogP contribution in [0.4, 0.5) is 5.82 Å². The third-order valence-corrected chi connectivity index (χ3v) is 1.92. The van der Waals surface area contributed by atoms with Gasteiger partial charge >= 0.3 is 0 Å². The number of nitrogens with zero attached hydrogens (tertiary/aromatic N) is 3. The lowest BCUT2D eigenvalue weighted by Crippen LogP contribution is -2.03. The first-order chi connectivity index (χ1) is 6.86. The fraction of sp³-hybridized carbons (Fsp3) is 0.125. The van der Waals surface area contributed by atoms with Crippen LogP contribution >= 0.6 is 11.6 Å². The van der Waals surface area contributed by atoms with Crippen LogP contribution in [0.1, 0.15) is 5.82 Å². The minimum atomic E-state index is 0.499. The molecule has 2 heterocycles. The van der Waals surface area contributed by atoms with Crippen molar-refractivity contribution in [2.24, 2.45) is 0 Å². The van der Waals surface area contributed by atoms with Crippen LogP contribution < -0.4 is 5.32 Å². The van der Waals surface area contributed by atoms with Gasteiger partial charge in [0.15, 0.2) is 0 Å². The molecule has 0 aliphatic carbocycles. The Kier molecular flexibility index (Phi) is 2.60.